The van der Waals surface area contributed by atoms with Crippen molar-refractivity contribution < 1.29 is 11.6 Å². The van der Waals surface area contributed by atoms with E-state index in [1.54, 1.807) is 0 Å². The van der Waals surface area contributed by atoms with Crippen LogP contribution in [-0.2, 0) is 4.74 Å². The first kappa shape index (κ1) is 2.03. The highest BCUT2D eigenvalue weighted by molar-refractivity contribution is 4.66. The number of rotatable bonds is 2. The van der Waals surface area contributed by atoms with Crippen LogP contribution in [0.1, 0.15) is 20.6 Å². The molecule has 0 aromatic carbocycles. The first-order valence-corrected chi connectivity index (χ1v) is 1.90. The van der Waals surface area contributed by atoms with Gasteiger partial charge in [-0.1, -0.05) is 0 Å². The van der Waals surface area contributed by atoms with Gasteiger partial charge in [-0.25, -0.2) is 0 Å². The molecule has 0 heterocycles. The minimum Gasteiger partial charge on any atom is -0.378 e. The van der Waals surface area contributed by atoms with E-state index in [1.165, 1.54) is 0 Å². The zero-order valence-electron chi connectivity index (χ0n) is 9.49. The van der Waals surface area contributed by atoms with Crippen molar-refractivity contribution in [2.24, 2.45) is 5.73 Å². The lowest BCUT2D eigenvalue weighted by molar-refractivity contribution is 0.0307. The van der Waals surface area contributed by atoms with Crippen molar-refractivity contribution in [3.63, 3.8) is 0 Å². The standard InChI is InChI=1S/C5H13NO/c1-5(2,4-6)7-3/h4,6H2,1-3H3/i1D3,4D2. The van der Waals surface area contributed by atoms with Gasteiger partial charge in [0.1, 0.15) is 0 Å². The van der Waals surface area contributed by atoms with Crippen LogP contribution in [0, 0.1) is 0 Å². The van der Waals surface area contributed by atoms with E-state index in [4.69, 9.17) is 12.6 Å². The van der Waals surface area contributed by atoms with Crippen LogP contribution < -0.4 is 5.73 Å². The third-order valence-electron chi connectivity index (χ3n) is 0.684. The van der Waals surface area contributed by atoms with E-state index < -0.39 is 18.9 Å². The highest BCUT2D eigenvalue weighted by Gasteiger charge is 2.11. The van der Waals surface area contributed by atoms with E-state index in [0.29, 0.717) is 0 Å². The van der Waals surface area contributed by atoms with Crippen LogP contribution in [0.25, 0.3) is 0 Å². The molecular weight excluding hydrogens is 90.1 g/mol. The fourth-order valence-electron chi connectivity index (χ4n) is 0.0589. The number of ether oxygens (including phenoxy) is 1. The van der Waals surface area contributed by atoms with Crippen molar-refractivity contribution in [3.8, 4) is 0 Å². The van der Waals surface area contributed by atoms with E-state index in [2.05, 4.69) is 4.74 Å². The fourth-order valence-corrected chi connectivity index (χ4v) is 0.0589. The highest BCUT2D eigenvalue weighted by Crippen LogP contribution is 2.01. The lowest BCUT2D eigenvalue weighted by Gasteiger charge is -2.19. The summed E-state index contributed by atoms with van der Waals surface area (Å²) >= 11 is 0. The monoisotopic (exact) mass is 108 g/mol. The van der Waals surface area contributed by atoms with Gasteiger partial charge >= 0.3 is 0 Å². The average molecular weight is 108 g/mol. The minimum absolute atomic E-state index is 1.12. The lowest BCUT2D eigenvalue weighted by atomic mass is 10.1. The molecule has 0 aromatic rings. The summed E-state index contributed by atoms with van der Waals surface area (Å²) in [6, 6.07) is 0. The van der Waals surface area contributed by atoms with Gasteiger partial charge in [-0.15, -0.1) is 0 Å². The third-order valence-corrected chi connectivity index (χ3v) is 0.684. The van der Waals surface area contributed by atoms with E-state index in [9.17, 15) is 0 Å². The molecule has 0 rings (SSSR count). The summed E-state index contributed by atoms with van der Waals surface area (Å²) in [5.41, 5.74) is 3.09. The van der Waals surface area contributed by atoms with Crippen molar-refractivity contribution in [1.29, 1.82) is 0 Å². The van der Waals surface area contributed by atoms with Gasteiger partial charge < -0.3 is 10.5 Å². The van der Waals surface area contributed by atoms with Crippen LogP contribution >= 0.6 is 0 Å². The largest absolute Gasteiger partial charge is 0.378 e. The van der Waals surface area contributed by atoms with Gasteiger partial charge in [0.25, 0.3) is 0 Å². The summed E-state index contributed by atoms with van der Waals surface area (Å²) in [5.74, 6) is 0. The highest BCUT2D eigenvalue weighted by atomic mass is 16.5. The second kappa shape index (κ2) is 2.28. The van der Waals surface area contributed by atoms with Gasteiger partial charge in [0.05, 0.1) is 5.60 Å². The lowest BCUT2D eigenvalue weighted by Crippen LogP contribution is -2.32. The van der Waals surface area contributed by atoms with E-state index in [1.807, 2.05) is 0 Å². The molecule has 1 atom stereocenters. The smallest absolute Gasteiger partial charge is 0.0744 e. The zero-order valence-corrected chi connectivity index (χ0v) is 4.49. The second-order valence-corrected chi connectivity index (χ2v) is 1.38. The van der Waals surface area contributed by atoms with E-state index in [-0.39, 0.29) is 0 Å². The second-order valence-electron chi connectivity index (χ2n) is 1.38. The summed E-state index contributed by atoms with van der Waals surface area (Å²) in [6.07, 6.45) is 0. The van der Waals surface area contributed by atoms with Crippen molar-refractivity contribution in [2.75, 3.05) is 13.6 Å². The first-order valence-electron chi connectivity index (χ1n) is 4.40. The van der Waals surface area contributed by atoms with Crippen molar-refractivity contribution in [3.05, 3.63) is 0 Å². The quantitative estimate of drug-likeness (QED) is 0.554. The van der Waals surface area contributed by atoms with Crippen molar-refractivity contribution in [1.82, 2.24) is 0 Å². The third kappa shape index (κ3) is 2.60. The van der Waals surface area contributed by atoms with Crippen LogP contribution in [0.4, 0.5) is 0 Å². The number of nitrogens with two attached hydrogens (primary N) is 1. The van der Waals surface area contributed by atoms with E-state index in [0.717, 1.165) is 14.0 Å². The molecule has 0 saturated heterocycles. The van der Waals surface area contributed by atoms with Gasteiger partial charge in [0.2, 0.25) is 0 Å². The molecule has 0 aromatic heterocycles. The van der Waals surface area contributed by atoms with E-state index >= 15 is 0 Å². The Morgan fingerprint density at radius 3 is 2.71 bits per heavy atom. The summed E-state index contributed by atoms with van der Waals surface area (Å²) in [7, 11) is 1.12. The molecule has 0 saturated carbocycles. The van der Waals surface area contributed by atoms with Crippen molar-refractivity contribution in [2.45, 2.75) is 19.4 Å². The molecule has 0 bridgehead atoms. The Bertz CT molecular complexity index is 146. The molecule has 1 unspecified atom stereocenters. The Hall–Kier alpha value is -0.0800. The summed E-state index contributed by atoms with van der Waals surface area (Å²) < 4.78 is 39.9. The van der Waals surface area contributed by atoms with Crippen LogP contribution in [0.3, 0.4) is 0 Å². The molecule has 0 aliphatic rings. The molecule has 0 fully saturated rings. The van der Waals surface area contributed by atoms with Crippen LogP contribution in [-0.4, -0.2) is 19.2 Å². The van der Waals surface area contributed by atoms with Gasteiger partial charge in [-0.2, -0.15) is 0 Å². The summed E-state index contributed by atoms with van der Waals surface area (Å²) in [6.45, 7) is -3.85. The maximum atomic E-state index is 7.10. The number of hydrogen-bond donors (Lipinski definition) is 1. The van der Waals surface area contributed by atoms with Gasteiger partial charge in [-0.3, -0.25) is 0 Å². The maximum Gasteiger partial charge on any atom is 0.0744 e. The Morgan fingerprint density at radius 1 is 2.14 bits per heavy atom. The molecule has 2 N–H and O–H groups in total. The molecular formula is C5H13NO. The Balaban J connectivity index is 4.95. The fraction of sp³-hybridized carbons (Fsp3) is 1.00. The summed E-state index contributed by atoms with van der Waals surface area (Å²) in [5, 5.41) is 0. The van der Waals surface area contributed by atoms with Crippen LogP contribution in [0.15, 0.2) is 0 Å². The molecule has 0 aliphatic carbocycles. The zero-order chi connectivity index (χ0) is 10.2. The SMILES string of the molecule is [2H]C([2H])([2H])C(C)(OC)C([2H])([2H])N. The van der Waals surface area contributed by atoms with Crippen LogP contribution in [0.5, 0.6) is 0 Å². The minimum atomic E-state index is -2.58. The molecule has 0 aliphatic heterocycles. The number of hydrogen-bond acceptors (Lipinski definition) is 2. The molecule has 0 spiro atoms. The molecule has 2 nitrogen and oxygen atoms in total. The summed E-state index contributed by atoms with van der Waals surface area (Å²) in [4.78, 5) is 0. The van der Waals surface area contributed by atoms with Gasteiger partial charge in [0, 0.05) is 20.5 Å². The Morgan fingerprint density at radius 2 is 2.71 bits per heavy atom. The predicted molar refractivity (Wildman–Crippen MR) is 30.1 cm³/mol. The Labute approximate surface area is 51.7 Å². The Kier molecular flexibility index (Phi) is 0.664. The predicted octanol–water partition coefficient (Wildman–Crippen LogP) is 0.370. The van der Waals surface area contributed by atoms with Crippen molar-refractivity contribution >= 4 is 0 Å². The topological polar surface area (TPSA) is 35.2 Å². The molecule has 44 valence electrons. The number of methoxy groups -OCH3 is 1. The molecule has 0 amide bonds. The van der Waals surface area contributed by atoms with Gasteiger partial charge in [-0.05, 0) is 13.8 Å². The molecule has 0 radical (unpaired) electrons. The normalized spacial score (nSPS) is 33.3. The average Bonchev–Trinajstić information content (AvgIpc) is 1.81. The molecule has 7 heavy (non-hydrogen) atoms. The maximum absolute atomic E-state index is 7.10. The first-order chi connectivity index (χ1) is 5.06. The van der Waals surface area contributed by atoms with Crippen LogP contribution in [0.2, 0.25) is 0 Å². The van der Waals surface area contributed by atoms with Gasteiger partial charge in [0.15, 0.2) is 0 Å². The molecule has 2 heteroatoms.